The number of hydrogen-bond acceptors (Lipinski definition) is 2. The van der Waals surface area contributed by atoms with E-state index in [4.69, 9.17) is 23.2 Å². The smallest absolute Gasteiger partial charge is 0.166 e. The third kappa shape index (κ3) is 6.67. The summed E-state index contributed by atoms with van der Waals surface area (Å²) in [5.74, 6) is 0. The molecular weight excluding hydrogens is 194 g/mol. The minimum Gasteiger partial charge on any atom is -0.376 e. The van der Waals surface area contributed by atoms with E-state index in [9.17, 15) is 0 Å². The van der Waals surface area contributed by atoms with Gasteiger partial charge in [-0.05, 0) is 18.6 Å². The van der Waals surface area contributed by atoms with Gasteiger partial charge in [0, 0.05) is 13.1 Å². The molecule has 80 valence electrons. The summed E-state index contributed by atoms with van der Waals surface area (Å²) in [4.78, 5) is 1.91. The molecule has 14 heavy (non-hydrogen) atoms. The van der Waals surface area contributed by atoms with Crippen molar-refractivity contribution < 1.29 is 0 Å². The summed E-state index contributed by atoms with van der Waals surface area (Å²) >= 11 is 4.90. The molecular formula is C10H19N3S. The van der Waals surface area contributed by atoms with Crippen molar-refractivity contribution in [2.24, 2.45) is 5.73 Å². The van der Waals surface area contributed by atoms with E-state index in [2.05, 4.69) is 13.0 Å². The van der Waals surface area contributed by atoms with Crippen LogP contribution in [0.2, 0.25) is 0 Å². The Kier molecular flexibility index (Phi) is 8.25. The van der Waals surface area contributed by atoms with Gasteiger partial charge in [-0.25, -0.2) is 0 Å². The summed E-state index contributed by atoms with van der Waals surface area (Å²) in [6.45, 7) is 3.73. The molecule has 0 amide bonds. The third-order valence-corrected chi connectivity index (χ3v) is 2.34. The number of hydrogen-bond donors (Lipinski definition) is 1. The summed E-state index contributed by atoms with van der Waals surface area (Å²) in [7, 11) is 0. The van der Waals surface area contributed by atoms with Crippen LogP contribution < -0.4 is 5.73 Å². The Balaban J connectivity index is 3.64. The first kappa shape index (κ1) is 13.2. The van der Waals surface area contributed by atoms with Crippen LogP contribution in [0.15, 0.2) is 0 Å². The number of thiocarbonyl (C=S) groups is 1. The topological polar surface area (TPSA) is 53.0 Å². The quantitative estimate of drug-likeness (QED) is 0.519. The summed E-state index contributed by atoms with van der Waals surface area (Å²) in [6, 6.07) is 2.10. The van der Waals surface area contributed by atoms with Crippen molar-refractivity contribution in [2.75, 3.05) is 13.1 Å². The lowest BCUT2D eigenvalue weighted by Gasteiger charge is -2.21. The van der Waals surface area contributed by atoms with Crippen LogP contribution in [0.25, 0.3) is 0 Å². The SMILES string of the molecule is CCCCCCN(CCC#N)C(N)=S. The average Bonchev–Trinajstić information content (AvgIpc) is 2.16. The molecule has 3 nitrogen and oxygen atoms in total. The van der Waals surface area contributed by atoms with E-state index in [0.29, 0.717) is 18.1 Å². The van der Waals surface area contributed by atoms with E-state index in [1.807, 2.05) is 4.90 Å². The largest absolute Gasteiger partial charge is 0.376 e. The molecule has 2 N–H and O–H groups in total. The fraction of sp³-hybridized carbons (Fsp3) is 0.800. The molecule has 0 aromatic carbocycles. The van der Waals surface area contributed by atoms with E-state index in [0.717, 1.165) is 13.0 Å². The van der Waals surface area contributed by atoms with Crippen molar-refractivity contribution in [3.63, 3.8) is 0 Å². The van der Waals surface area contributed by atoms with E-state index in [1.54, 1.807) is 0 Å². The van der Waals surface area contributed by atoms with Crippen molar-refractivity contribution >= 4 is 17.3 Å². The average molecular weight is 213 g/mol. The molecule has 0 saturated carbocycles. The van der Waals surface area contributed by atoms with Gasteiger partial charge in [-0.2, -0.15) is 5.26 Å². The molecule has 0 spiro atoms. The Labute approximate surface area is 91.9 Å². The van der Waals surface area contributed by atoms with Crippen LogP contribution in [0, 0.1) is 11.3 Å². The third-order valence-electron chi connectivity index (χ3n) is 2.09. The van der Waals surface area contributed by atoms with Crippen LogP contribution in [-0.2, 0) is 0 Å². The van der Waals surface area contributed by atoms with Crippen molar-refractivity contribution in [1.82, 2.24) is 4.90 Å². The van der Waals surface area contributed by atoms with Gasteiger partial charge >= 0.3 is 0 Å². The fourth-order valence-electron chi connectivity index (χ4n) is 1.25. The first-order chi connectivity index (χ1) is 6.72. The molecule has 0 heterocycles. The highest BCUT2D eigenvalue weighted by atomic mass is 32.1. The van der Waals surface area contributed by atoms with Crippen LogP contribution in [0.5, 0.6) is 0 Å². The normalized spacial score (nSPS) is 9.43. The Morgan fingerprint density at radius 1 is 1.36 bits per heavy atom. The molecule has 0 aromatic heterocycles. The lowest BCUT2D eigenvalue weighted by molar-refractivity contribution is 0.411. The zero-order valence-corrected chi connectivity index (χ0v) is 9.65. The maximum atomic E-state index is 8.45. The van der Waals surface area contributed by atoms with Gasteiger partial charge in [0.2, 0.25) is 0 Å². The van der Waals surface area contributed by atoms with Crippen LogP contribution in [0.1, 0.15) is 39.0 Å². The molecule has 0 unspecified atom stereocenters. The second-order valence-electron chi connectivity index (χ2n) is 3.29. The summed E-state index contributed by atoms with van der Waals surface area (Å²) in [5.41, 5.74) is 5.54. The molecule has 0 fully saturated rings. The van der Waals surface area contributed by atoms with E-state index >= 15 is 0 Å². The molecule has 0 aliphatic carbocycles. The molecule has 0 radical (unpaired) electrons. The van der Waals surface area contributed by atoms with Crippen LogP contribution in [0.4, 0.5) is 0 Å². The summed E-state index contributed by atoms with van der Waals surface area (Å²) in [5, 5.41) is 8.86. The lowest BCUT2D eigenvalue weighted by atomic mass is 10.2. The summed E-state index contributed by atoms with van der Waals surface area (Å²) in [6.07, 6.45) is 5.29. The highest BCUT2D eigenvalue weighted by Crippen LogP contribution is 2.01. The minimum atomic E-state index is 0.414. The number of unbranched alkanes of at least 4 members (excludes halogenated alkanes) is 3. The van der Waals surface area contributed by atoms with Crippen LogP contribution in [0.3, 0.4) is 0 Å². The van der Waals surface area contributed by atoms with Crippen LogP contribution >= 0.6 is 12.2 Å². The molecule has 4 heteroatoms. The molecule has 0 rings (SSSR count). The first-order valence-electron chi connectivity index (χ1n) is 5.13. The van der Waals surface area contributed by atoms with E-state index in [1.165, 1.54) is 19.3 Å². The van der Waals surface area contributed by atoms with Crippen molar-refractivity contribution in [2.45, 2.75) is 39.0 Å². The second-order valence-corrected chi connectivity index (χ2v) is 3.71. The zero-order chi connectivity index (χ0) is 10.8. The predicted octanol–water partition coefficient (Wildman–Crippen LogP) is 2.03. The Bertz CT molecular complexity index is 198. The molecule has 0 saturated heterocycles. The molecule has 0 atom stereocenters. The Morgan fingerprint density at radius 3 is 2.57 bits per heavy atom. The highest BCUT2D eigenvalue weighted by molar-refractivity contribution is 7.80. The summed E-state index contributed by atoms with van der Waals surface area (Å²) < 4.78 is 0. The van der Waals surface area contributed by atoms with Gasteiger partial charge in [0.15, 0.2) is 5.11 Å². The van der Waals surface area contributed by atoms with Gasteiger partial charge in [-0.3, -0.25) is 0 Å². The zero-order valence-electron chi connectivity index (χ0n) is 8.83. The van der Waals surface area contributed by atoms with Gasteiger partial charge in [0.05, 0.1) is 12.5 Å². The number of nitrogens with zero attached hydrogens (tertiary/aromatic N) is 2. The Hall–Kier alpha value is -0.820. The van der Waals surface area contributed by atoms with Gasteiger partial charge in [-0.15, -0.1) is 0 Å². The molecule has 0 aliphatic heterocycles. The molecule has 0 aromatic rings. The van der Waals surface area contributed by atoms with Crippen molar-refractivity contribution in [3.8, 4) is 6.07 Å². The minimum absolute atomic E-state index is 0.414. The van der Waals surface area contributed by atoms with Gasteiger partial charge in [-0.1, -0.05) is 26.2 Å². The maximum absolute atomic E-state index is 8.45. The van der Waals surface area contributed by atoms with Crippen molar-refractivity contribution in [3.05, 3.63) is 0 Å². The lowest BCUT2D eigenvalue weighted by Crippen LogP contribution is -2.36. The predicted molar refractivity (Wildman–Crippen MR) is 62.7 cm³/mol. The van der Waals surface area contributed by atoms with Gasteiger partial charge < -0.3 is 10.6 Å². The number of nitriles is 1. The monoisotopic (exact) mass is 213 g/mol. The highest BCUT2D eigenvalue weighted by Gasteiger charge is 2.04. The molecule has 0 aliphatic rings. The van der Waals surface area contributed by atoms with Crippen molar-refractivity contribution in [1.29, 1.82) is 5.26 Å². The van der Waals surface area contributed by atoms with Gasteiger partial charge in [0.25, 0.3) is 0 Å². The van der Waals surface area contributed by atoms with Gasteiger partial charge in [0.1, 0.15) is 0 Å². The standard InChI is InChI=1S/C10H19N3S/c1-2-3-4-5-8-13(10(12)14)9-6-7-11/h2-6,8-9H2,1H3,(H2,12,14). The van der Waals surface area contributed by atoms with Crippen LogP contribution in [-0.4, -0.2) is 23.1 Å². The number of nitrogens with two attached hydrogens (primary N) is 1. The Morgan fingerprint density at radius 2 is 2.07 bits per heavy atom. The molecule has 0 bridgehead atoms. The van der Waals surface area contributed by atoms with E-state index in [-0.39, 0.29) is 0 Å². The fourth-order valence-corrected chi connectivity index (χ4v) is 1.43. The second kappa shape index (κ2) is 8.76. The number of rotatable bonds is 7. The van der Waals surface area contributed by atoms with E-state index < -0.39 is 0 Å². The maximum Gasteiger partial charge on any atom is 0.166 e. The first-order valence-corrected chi connectivity index (χ1v) is 5.54.